The van der Waals surface area contributed by atoms with Crippen LogP contribution in [0.2, 0.25) is 0 Å². The van der Waals surface area contributed by atoms with Crippen LogP contribution in [-0.2, 0) is 14.4 Å². The molecule has 1 unspecified atom stereocenters. The minimum atomic E-state index is -1.15. The number of imide groups is 1. The van der Waals surface area contributed by atoms with Gasteiger partial charge in [-0.1, -0.05) is 0 Å². The van der Waals surface area contributed by atoms with Crippen LogP contribution in [0.15, 0.2) is 0 Å². The lowest BCUT2D eigenvalue weighted by molar-refractivity contribution is -0.146. The standard InChI is InChI=1S/C8H13NO4/c1-5(10)8(13)4-9(6(2)11)7(3)12/h5,10H,4H2,1-3H3. The number of hydrogen-bond acceptors (Lipinski definition) is 4. The molecule has 0 rings (SSSR count). The first-order valence-corrected chi connectivity index (χ1v) is 3.85. The molecule has 0 aromatic heterocycles. The third kappa shape index (κ3) is 3.80. The molecule has 13 heavy (non-hydrogen) atoms. The zero-order valence-electron chi connectivity index (χ0n) is 7.90. The molecule has 5 heteroatoms. The smallest absolute Gasteiger partial charge is 0.226 e. The average Bonchev–Trinajstić information content (AvgIpc) is 1.97. The molecule has 0 saturated heterocycles. The van der Waals surface area contributed by atoms with E-state index < -0.39 is 23.7 Å². The molecule has 0 heterocycles. The second-order valence-corrected chi connectivity index (χ2v) is 2.77. The van der Waals surface area contributed by atoms with E-state index in [-0.39, 0.29) is 6.54 Å². The molecule has 0 aromatic rings. The van der Waals surface area contributed by atoms with Crippen molar-refractivity contribution in [3.8, 4) is 0 Å². The molecule has 0 radical (unpaired) electrons. The van der Waals surface area contributed by atoms with Crippen LogP contribution in [0.1, 0.15) is 20.8 Å². The molecule has 1 atom stereocenters. The third-order valence-electron chi connectivity index (χ3n) is 1.54. The van der Waals surface area contributed by atoms with Crippen molar-refractivity contribution >= 4 is 17.6 Å². The van der Waals surface area contributed by atoms with Gasteiger partial charge in [-0.2, -0.15) is 0 Å². The summed E-state index contributed by atoms with van der Waals surface area (Å²) in [6.07, 6.45) is -1.15. The maximum atomic E-state index is 11.0. The van der Waals surface area contributed by atoms with E-state index in [1.165, 1.54) is 20.8 Å². The zero-order valence-corrected chi connectivity index (χ0v) is 7.90. The van der Waals surface area contributed by atoms with Crippen LogP contribution in [0.3, 0.4) is 0 Å². The number of Topliss-reactive ketones (excluding diaryl/α,β-unsaturated/α-hetero) is 1. The largest absolute Gasteiger partial charge is 0.386 e. The Labute approximate surface area is 76.3 Å². The molecule has 0 aliphatic heterocycles. The van der Waals surface area contributed by atoms with Crippen molar-refractivity contribution in [2.24, 2.45) is 0 Å². The number of ketones is 1. The normalized spacial score (nSPS) is 12.0. The van der Waals surface area contributed by atoms with Crippen LogP contribution in [0.4, 0.5) is 0 Å². The minimum absolute atomic E-state index is 0.359. The van der Waals surface area contributed by atoms with Gasteiger partial charge in [-0.3, -0.25) is 19.3 Å². The Kier molecular flexibility index (Phi) is 4.27. The molecule has 0 fully saturated rings. The number of carbonyl (C=O) groups is 3. The Morgan fingerprint density at radius 3 is 1.85 bits per heavy atom. The van der Waals surface area contributed by atoms with Crippen LogP contribution in [0.5, 0.6) is 0 Å². The van der Waals surface area contributed by atoms with Gasteiger partial charge in [-0.15, -0.1) is 0 Å². The van der Waals surface area contributed by atoms with Crippen molar-refractivity contribution in [2.75, 3.05) is 6.54 Å². The summed E-state index contributed by atoms with van der Waals surface area (Å²) in [5, 5.41) is 8.83. The highest BCUT2D eigenvalue weighted by atomic mass is 16.3. The van der Waals surface area contributed by atoms with E-state index >= 15 is 0 Å². The van der Waals surface area contributed by atoms with E-state index in [9.17, 15) is 14.4 Å². The highest BCUT2D eigenvalue weighted by Crippen LogP contribution is 1.94. The van der Waals surface area contributed by atoms with Crippen LogP contribution in [0, 0.1) is 0 Å². The molecule has 0 saturated carbocycles. The second-order valence-electron chi connectivity index (χ2n) is 2.77. The summed E-state index contributed by atoms with van der Waals surface area (Å²) in [6, 6.07) is 0. The second kappa shape index (κ2) is 4.71. The fourth-order valence-corrected chi connectivity index (χ4v) is 0.732. The lowest BCUT2D eigenvalue weighted by Gasteiger charge is -2.16. The number of aliphatic hydroxyl groups is 1. The molecule has 0 aromatic carbocycles. The molecule has 74 valence electrons. The van der Waals surface area contributed by atoms with Gasteiger partial charge in [0.05, 0.1) is 6.54 Å². The Balaban J connectivity index is 4.36. The maximum absolute atomic E-state index is 11.0. The summed E-state index contributed by atoms with van der Waals surface area (Å²) >= 11 is 0. The summed E-state index contributed by atoms with van der Waals surface area (Å²) in [7, 11) is 0. The molecule has 0 aliphatic carbocycles. The topological polar surface area (TPSA) is 74.7 Å². The van der Waals surface area contributed by atoms with Gasteiger partial charge in [0.25, 0.3) is 0 Å². The van der Waals surface area contributed by atoms with Crippen molar-refractivity contribution in [1.29, 1.82) is 0 Å². The molecular weight excluding hydrogens is 174 g/mol. The van der Waals surface area contributed by atoms with Gasteiger partial charge in [0.15, 0.2) is 5.78 Å². The fourth-order valence-electron chi connectivity index (χ4n) is 0.732. The van der Waals surface area contributed by atoms with E-state index in [1.54, 1.807) is 0 Å². The van der Waals surface area contributed by atoms with E-state index in [0.29, 0.717) is 0 Å². The Morgan fingerprint density at radius 1 is 1.23 bits per heavy atom. The highest BCUT2D eigenvalue weighted by Gasteiger charge is 2.19. The average molecular weight is 187 g/mol. The summed E-state index contributed by atoms with van der Waals surface area (Å²) in [6.45, 7) is 3.32. The summed E-state index contributed by atoms with van der Waals surface area (Å²) in [4.78, 5) is 33.4. The van der Waals surface area contributed by atoms with Crippen molar-refractivity contribution in [3.05, 3.63) is 0 Å². The summed E-state index contributed by atoms with van der Waals surface area (Å²) in [5.74, 6) is -1.55. The van der Waals surface area contributed by atoms with Gasteiger partial charge in [0, 0.05) is 13.8 Å². The van der Waals surface area contributed by atoms with Crippen molar-refractivity contribution in [2.45, 2.75) is 26.9 Å². The van der Waals surface area contributed by atoms with E-state index in [2.05, 4.69) is 0 Å². The fraction of sp³-hybridized carbons (Fsp3) is 0.625. The number of amides is 2. The van der Waals surface area contributed by atoms with Crippen molar-refractivity contribution < 1.29 is 19.5 Å². The molecule has 2 amide bonds. The monoisotopic (exact) mass is 187 g/mol. The maximum Gasteiger partial charge on any atom is 0.226 e. The van der Waals surface area contributed by atoms with E-state index in [4.69, 9.17) is 5.11 Å². The summed E-state index contributed by atoms with van der Waals surface area (Å²) < 4.78 is 0. The van der Waals surface area contributed by atoms with Gasteiger partial charge in [0.1, 0.15) is 6.10 Å². The van der Waals surface area contributed by atoms with Crippen molar-refractivity contribution in [1.82, 2.24) is 4.90 Å². The van der Waals surface area contributed by atoms with Gasteiger partial charge < -0.3 is 5.11 Å². The molecule has 1 N–H and O–H groups in total. The molecular formula is C8H13NO4. The van der Waals surface area contributed by atoms with Crippen LogP contribution < -0.4 is 0 Å². The molecule has 5 nitrogen and oxygen atoms in total. The van der Waals surface area contributed by atoms with Gasteiger partial charge in [-0.05, 0) is 6.92 Å². The number of nitrogens with zero attached hydrogens (tertiary/aromatic N) is 1. The van der Waals surface area contributed by atoms with Crippen LogP contribution in [0.25, 0.3) is 0 Å². The first-order valence-electron chi connectivity index (χ1n) is 3.85. The number of hydrogen-bond donors (Lipinski definition) is 1. The first-order chi connectivity index (χ1) is 5.86. The van der Waals surface area contributed by atoms with Gasteiger partial charge in [0.2, 0.25) is 11.8 Å². The predicted molar refractivity (Wildman–Crippen MR) is 44.8 cm³/mol. The van der Waals surface area contributed by atoms with E-state index in [0.717, 1.165) is 4.90 Å². The zero-order chi connectivity index (χ0) is 10.6. The number of rotatable bonds is 3. The Hall–Kier alpha value is -1.23. The Morgan fingerprint density at radius 2 is 1.62 bits per heavy atom. The summed E-state index contributed by atoms with van der Waals surface area (Å²) in [5.41, 5.74) is 0. The quantitative estimate of drug-likeness (QED) is 0.636. The van der Waals surface area contributed by atoms with E-state index in [1.807, 2.05) is 0 Å². The SMILES string of the molecule is CC(=O)N(CC(=O)C(C)O)C(C)=O. The Bertz CT molecular complexity index is 220. The minimum Gasteiger partial charge on any atom is -0.386 e. The predicted octanol–water partition coefficient (Wildman–Crippen LogP) is -0.669. The van der Waals surface area contributed by atoms with Crippen molar-refractivity contribution in [3.63, 3.8) is 0 Å². The molecule has 0 spiro atoms. The number of carbonyl (C=O) groups excluding carboxylic acids is 3. The van der Waals surface area contributed by atoms with Gasteiger partial charge in [-0.25, -0.2) is 0 Å². The van der Waals surface area contributed by atoms with Crippen LogP contribution in [-0.4, -0.2) is 40.3 Å². The van der Waals surface area contributed by atoms with Gasteiger partial charge >= 0.3 is 0 Å². The number of aliphatic hydroxyl groups excluding tert-OH is 1. The lowest BCUT2D eigenvalue weighted by atomic mass is 10.2. The third-order valence-corrected chi connectivity index (χ3v) is 1.54. The van der Waals surface area contributed by atoms with Crippen LogP contribution >= 0.6 is 0 Å². The first kappa shape index (κ1) is 11.8. The lowest BCUT2D eigenvalue weighted by Crippen LogP contribution is -2.40. The molecule has 0 bridgehead atoms. The highest BCUT2D eigenvalue weighted by molar-refractivity contribution is 5.98. The molecule has 0 aliphatic rings.